The zero-order valence-electron chi connectivity index (χ0n) is 16.3. The lowest BCUT2D eigenvalue weighted by Crippen LogP contribution is -2.56. The van der Waals surface area contributed by atoms with E-state index in [0.717, 1.165) is 58.7 Å². The fourth-order valence-electron chi connectivity index (χ4n) is 4.15. The smallest absolute Gasteiger partial charge is 0.317 e. The molecule has 0 unspecified atom stereocenters. The van der Waals surface area contributed by atoms with Crippen molar-refractivity contribution in [3.8, 4) is 0 Å². The molecule has 1 aromatic heterocycles. The lowest BCUT2D eigenvalue weighted by atomic mass is 10.0. The van der Waals surface area contributed by atoms with Crippen molar-refractivity contribution in [2.75, 3.05) is 44.2 Å². The molecule has 2 aliphatic heterocycles. The Balaban J connectivity index is 1.24. The Morgan fingerprint density at radius 3 is 2.50 bits per heavy atom. The number of piperazine rings is 1. The number of likely N-dealkylation sites (tertiary alicyclic amines) is 1. The van der Waals surface area contributed by atoms with Gasteiger partial charge in [0, 0.05) is 63.4 Å². The van der Waals surface area contributed by atoms with Gasteiger partial charge in [0.15, 0.2) is 0 Å². The number of hydrogen-bond acceptors (Lipinski definition) is 4. The molecule has 148 valence electrons. The van der Waals surface area contributed by atoms with E-state index in [9.17, 15) is 4.79 Å². The molecule has 6 nitrogen and oxygen atoms in total. The van der Waals surface area contributed by atoms with Gasteiger partial charge in [-0.3, -0.25) is 9.88 Å². The summed E-state index contributed by atoms with van der Waals surface area (Å²) < 4.78 is 0. The quantitative estimate of drug-likeness (QED) is 0.887. The minimum atomic E-state index is 0.0842. The van der Waals surface area contributed by atoms with Crippen molar-refractivity contribution in [3.05, 3.63) is 60.4 Å². The fourth-order valence-corrected chi connectivity index (χ4v) is 4.15. The third-order valence-electron chi connectivity index (χ3n) is 5.68. The summed E-state index contributed by atoms with van der Waals surface area (Å²) >= 11 is 0. The molecule has 2 fully saturated rings. The third kappa shape index (κ3) is 4.81. The summed E-state index contributed by atoms with van der Waals surface area (Å²) in [6.07, 6.45) is 5.83. The van der Waals surface area contributed by atoms with Crippen molar-refractivity contribution >= 4 is 11.7 Å². The molecular weight excluding hydrogens is 350 g/mol. The summed E-state index contributed by atoms with van der Waals surface area (Å²) in [5, 5.41) is 3.28. The monoisotopic (exact) mass is 379 g/mol. The molecule has 0 bridgehead atoms. The van der Waals surface area contributed by atoms with Crippen molar-refractivity contribution < 1.29 is 4.79 Å². The Labute approximate surface area is 167 Å². The Kier molecular flexibility index (Phi) is 6.07. The van der Waals surface area contributed by atoms with Gasteiger partial charge in [-0.05, 0) is 37.1 Å². The largest absolute Gasteiger partial charge is 0.368 e. The van der Waals surface area contributed by atoms with Crippen LogP contribution in [0.2, 0.25) is 0 Å². The highest BCUT2D eigenvalue weighted by Gasteiger charge is 2.26. The zero-order valence-corrected chi connectivity index (χ0v) is 16.3. The van der Waals surface area contributed by atoms with E-state index >= 15 is 0 Å². The van der Waals surface area contributed by atoms with Crippen molar-refractivity contribution in [3.63, 3.8) is 0 Å². The zero-order chi connectivity index (χ0) is 19.2. The van der Waals surface area contributed by atoms with Gasteiger partial charge >= 0.3 is 6.03 Å². The van der Waals surface area contributed by atoms with Crippen LogP contribution in [0.4, 0.5) is 10.5 Å². The number of carbonyl (C=O) groups is 1. The summed E-state index contributed by atoms with van der Waals surface area (Å²) in [6, 6.07) is 14.9. The maximum Gasteiger partial charge on any atom is 0.317 e. The number of pyridine rings is 1. The first-order valence-corrected chi connectivity index (χ1v) is 10.2. The van der Waals surface area contributed by atoms with E-state index in [1.165, 1.54) is 11.3 Å². The summed E-state index contributed by atoms with van der Waals surface area (Å²) in [6.45, 7) is 6.23. The molecule has 0 aliphatic carbocycles. The van der Waals surface area contributed by atoms with Crippen molar-refractivity contribution in [2.45, 2.75) is 25.4 Å². The van der Waals surface area contributed by atoms with Gasteiger partial charge < -0.3 is 15.1 Å². The highest BCUT2D eigenvalue weighted by molar-refractivity contribution is 5.75. The van der Waals surface area contributed by atoms with Gasteiger partial charge in [0.05, 0.1) is 0 Å². The van der Waals surface area contributed by atoms with E-state index in [2.05, 4.69) is 50.4 Å². The molecule has 0 spiro atoms. The van der Waals surface area contributed by atoms with Crippen LogP contribution in [-0.2, 0) is 6.54 Å². The molecule has 0 radical (unpaired) electrons. The van der Waals surface area contributed by atoms with Crippen molar-refractivity contribution in [1.82, 2.24) is 20.1 Å². The third-order valence-corrected chi connectivity index (χ3v) is 5.68. The summed E-state index contributed by atoms with van der Waals surface area (Å²) in [4.78, 5) is 23.5. The molecule has 4 rings (SSSR count). The average molecular weight is 380 g/mol. The Morgan fingerprint density at radius 2 is 1.75 bits per heavy atom. The molecule has 3 heterocycles. The summed E-state index contributed by atoms with van der Waals surface area (Å²) in [7, 11) is 0. The number of hydrogen-bond donors (Lipinski definition) is 1. The van der Waals surface area contributed by atoms with Crippen LogP contribution >= 0.6 is 0 Å². The predicted molar refractivity (Wildman–Crippen MR) is 111 cm³/mol. The minimum Gasteiger partial charge on any atom is -0.368 e. The lowest BCUT2D eigenvalue weighted by molar-refractivity contribution is 0.161. The van der Waals surface area contributed by atoms with E-state index < -0.39 is 0 Å². The second-order valence-electron chi connectivity index (χ2n) is 7.69. The number of benzene rings is 1. The number of nitrogens with one attached hydrogen (secondary N) is 1. The van der Waals surface area contributed by atoms with Crippen LogP contribution in [0.3, 0.4) is 0 Å². The van der Waals surface area contributed by atoms with Gasteiger partial charge in [0.1, 0.15) is 0 Å². The Hall–Kier alpha value is -2.60. The SMILES string of the molecule is O=C(N[C@@H]1CCCN(Cc2ccccc2)C1)N1CCN(c2ccncc2)CC1. The molecule has 28 heavy (non-hydrogen) atoms. The van der Waals surface area contributed by atoms with Gasteiger partial charge in [-0.1, -0.05) is 30.3 Å². The van der Waals surface area contributed by atoms with Gasteiger partial charge in [0.25, 0.3) is 0 Å². The van der Waals surface area contributed by atoms with Crippen LogP contribution in [0.25, 0.3) is 0 Å². The Morgan fingerprint density at radius 1 is 1.00 bits per heavy atom. The van der Waals surface area contributed by atoms with Gasteiger partial charge in [-0.15, -0.1) is 0 Å². The van der Waals surface area contributed by atoms with E-state index in [1.807, 2.05) is 29.4 Å². The van der Waals surface area contributed by atoms with Crippen molar-refractivity contribution in [2.24, 2.45) is 0 Å². The molecule has 1 aromatic carbocycles. The van der Waals surface area contributed by atoms with E-state index in [4.69, 9.17) is 0 Å². The average Bonchev–Trinajstić information content (AvgIpc) is 2.75. The first-order chi connectivity index (χ1) is 13.8. The molecular formula is C22H29N5O. The molecule has 1 atom stereocenters. The van der Waals surface area contributed by atoms with Crippen LogP contribution in [0.5, 0.6) is 0 Å². The number of amides is 2. The van der Waals surface area contributed by atoms with E-state index in [1.54, 1.807) is 0 Å². The molecule has 6 heteroatoms. The molecule has 0 saturated carbocycles. The van der Waals surface area contributed by atoms with Crippen LogP contribution in [0.1, 0.15) is 18.4 Å². The van der Waals surface area contributed by atoms with E-state index in [-0.39, 0.29) is 12.1 Å². The van der Waals surface area contributed by atoms with Gasteiger partial charge in [-0.25, -0.2) is 4.79 Å². The molecule has 2 amide bonds. The number of nitrogens with zero attached hydrogens (tertiary/aromatic N) is 4. The first kappa shape index (κ1) is 18.7. The Bertz CT molecular complexity index is 746. The molecule has 2 aliphatic rings. The molecule has 2 aromatic rings. The number of carbonyl (C=O) groups excluding carboxylic acids is 1. The first-order valence-electron chi connectivity index (χ1n) is 10.2. The van der Waals surface area contributed by atoms with Crippen LogP contribution in [0, 0.1) is 0 Å². The standard InChI is InChI=1S/C22H29N5O/c28-22(27-15-13-26(14-16-27)21-8-10-23-11-9-21)24-20-7-4-12-25(18-20)17-19-5-2-1-3-6-19/h1-3,5-6,8-11,20H,4,7,12-18H2,(H,24,28)/t20-/m1/s1. The van der Waals surface area contributed by atoms with Crippen LogP contribution in [0.15, 0.2) is 54.9 Å². The highest BCUT2D eigenvalue weighted by atomic mass is 16.2. The maximum absolute atomic E-state index is 12.7. The molecule has 1 N–H and O–H groups in total. The van der Waals surface area contributed by atoms with E-state index in [0.29, 0.717) is 0 Å². The molecule has 2 saturated heterocycles. The minimum absolute atomic E-state index is 0.0842. The number of anilines is 1. The normalized spacial score (nSPS) is 20.8. The number of urea groups is 1. The lowest BCUT2D eigenvalue weighted by Gasteiger charge is -2.38. The fraction of sp³-hybridized carbons (Fsp3) is 0.455. The van der Waals surface area contributed by atoms with Crippen LogP contribution in [-0.4, -0.2) is 66.1 Å². The second kappa shape index (κ2) is 9.06. The highest BCUT2D eigenvalue weighted by Crippen LogP contribution is 2.16. The number of rotatable bonds is 4. The number of aromatic nitrogens is 1. The van der Waals surface area contributed by atoms with Crippen LogP contribution < -0.4 is 10.2 Å². The van der Waals surface area contributed by atoms with Gasteiger partial charge in [-0.2, -0.15) is 0 Å². The van der Waals surface area contributed by atoms with Crippen molar-refractivity contribution in [1.29, 1.82) is 0 Å². The number of piperidine rings is 1. The van der Waals surface area contributed by atoms with Gasteiger partial charge in [0.2, 0.25) is 0 Å². The predicted octanol–water partition coefficient (Wildman–Crippen LogP) is 2.58. The maximum atomic E-state index is 12.7. The summed E-state index contributed by atoms with van der Waals surface area (Å²) in [5.41, 5.74) is 2.51. The topological polar surface area (TPSA) is 51.7 Å². The summed E-state index contributed by atoms with van der Waals surface area (Å²) in [5.74, 6) is 0. The second-order valence-corrected chi connectivity index (χ2v) is 7.69.